The van der Waals surface area contributed by atoms with E-state index in [0.29, 0.717) is 11.7 Å². The second-order valence-electron chi connectivity index (χ2n) is 3.27. The summed E-state index contributed by atoms with van der Waals surface area (Å²) in [6.07, 6.45) is 2.57. The molecule has 1 heterocycles. The third-order valence-corrected chi connectivity index (χ3v) is 2.50. The maximum atomic E-state index is 5.96. The summed E-state index contributed by atoms with van der Waals surface area (Å²) in [5.41, 5.74) is 7.67. The van der Waals surface area contributed by atoms with Gasteiger partial charge in [0.1, 0.15) is 5.15 Å². The summed E-state index contributed by atoms with van der Waals surface area (Å²) in [4.78, 5) is 0. The lowest BCUT2D eigenvalue weighted by molar-refractivity contribution is 0.878. The van der Waals surface area contributed by atoms with Crippen LogP contribution in [0.4, 0.5) is 0 Å². The highest BCUT2D eigenvalue weighted by Crippen LogP contribution is 2.15. The van der Waals surface area contributed by atoms with Gasteiger partial charge in [0.25, 0.3) is 0 Å². The third kappa shape index (κ3) is 2.19. The first kappa shape index (κ1) is 10.2. The Morgan fingerprint density at radius 2 is 1.93 bits per heavy atom. The molecule has 0 bridgehead atoms. The molecule has 15 heavy (non-hydrogen) atoms. The van der Waals surface area contributed by atoms with Gasteiger partial charge in [0, 0.05) is 0 Å². The molecule has 0 aliphatic carbocycles. The van der Waals surface area contributed by atoms with Gasteiger partial charge in [0.2, 0.25) is 0 Å². The molecule has 0 amide bonds. The molecule has 0 saturated carbocycles. The SMILES string of the molecule is NCCc1ccc(-n2nccc2Cl)cc1. The van der Waals surface area contributed by atoms with E-state index in [0.717, 1.165) is 12.1 Å². The zero-order valence-corrected chi connectivity index (χ0v) is 8.98. The van der Waals surface area contributed by atoms with Crippen molar-refractivity contribution in [2.24, 2.45) is 5.73 Å². The van der Waals surface area contributed by atoms with Crippen molar-refractivity contribution in [1.82, 2.24) is 9.78 Å². The van der Waals surface area contributed by atoms with Gasteiger partial charge in [0.05, 0.1) is 11.9 Å². The topological polar surface area (TPSA) is 43.8 Å². The Morgan fingerprint density at radius 1 is 1.20 bits per heavy atom. The van der Waals surface area contributed by atoms with Crippen LogP contribution in [0.25, 0.3) is 5.69 Å². The second kappa shape index (κ2) is 4.47. The van der Waals surface area contributed by atoms with Crippen LogP contribution in [0.3, 0.4) is 0 Å². The van der Waals surface area contributed by atoms with Gasteiger partial charge < -0.3 is 5.73 Å². The minimum Gasteiger partial charge on any atom is -0.330 e. The maximum Gasteiger partial charge on any atom is 0.132 e. The van der Waals surface area contributed by atoms with Crippen molar-refractivity contribution in [1.29, 1.82) is 0 Å². The summed E-state index contributed by atoms with van der Waals surface area (Å²) in [6.45, 7) is 0.669. The van der Waals surface area contributed by atoms with Gasteiger partial charge in [-0.1, -0.05) is 23.7 Å². The quantitative estimate of drug-likeness (QED) is 0.862. The van der Waals surface area contributed by atoms with Crippen molar-refractivity contribution in [3.05, 3.63) is 47.2 Å². The molecule has 0 aliphatic rings. The zero-order valence-electron chi connectivity index (χ0n) is 8.23. The van der Waals surface area contributed by atoms with Crippen LogP contribution in [-0.2, 0) is 6.42 Å². The number of nitrogens with zero attached hydrogens (tertiary/aromatic N) is 2. The highest BCUT2D eigenvalue weighted by Gasteiger charge is 2.01. The van der Waals surface area contributed by atoms with Crippen molar-refractivity contribution >= 4 is 11.6 Å². The molecule has 0 spiro atoms. The van der Waals surface area contributed by atoms with E-state index in [2.05, 4.69) is 5.10 Å². The molecule has 4 heteroatoms. The monoisotopic (exact) mass is 221 g/mol. The summed E-state index contributed by atoms with van der Waals surface area (Å²) < 4.78 is 1.69. The molecule has 0 radical (unpaired) electrons. The van der Waals surface area contributed by atoms with Crippen LogP contribution in [0, 0.1) is 0 Å². The lowest BCUT2D eigenvalue weighted by Gasteiger charge is -2.04. The highest BCUT2D eigenvalue weighted by atomic mass is 35.5. The number of aromatic nitrogens is 2. The van der Waals surface area contributed by atoms with E-state index >= 15 is 0 Å². The minimum absolute atomic E-state index is 0.613. The van der Waals surface area contributed by atoms with E-state index in [1.54, 1.807) is 16.9 Å². The summed E-state index contributed by atoms with van der Waals surface area (Å²) in [5.74, 6) is 0. The molecule has 0 unspecified atom stereocenters. The van der Waals surface area contributed by atoms with Crippen molar-refractivity contribution in [2.75, 3.05) is 6.54 Å². The van der Waals surface area contributed by atoms with E-state index in [1.807, 2.05) is 24.3 Å². The number of rotatable bonds is 3. The molecule has 3 nitrogen and oxygen atoms in total. The Hall–Kier alpha value is -1.32. The number of hydrogen-bond donors (Lipinski definition) is 1. The molecule has 0 saturated heterocycles. The molecule has 0 fully saturated rings. The van der Waals surface area contributed by atoms with Crippen molar-refractivity contribution in [3.8, 4) is 5.69 Å². The predicted molar refractivity (Wildman–Crippen MR) is 61.3 cm³/mol. The van der Waals surface area contributed by atoms with Gasteiger partial charge in [0.15, 0.2) is 0 Å². The Morgan fingerprint density at radius 3 is 2.47 bits per heavy atom. The highest BCUT2D eigenvalue weighted by molar-refractivity contribution is 6.29. The van der Waals surface area contributed by atoms with E-state index in [9.17, 15) is 0 Å². The van der Waals surface area contributed by atoms with Crippen molar-refractivity contribution in [3.63, 3.8) is 0 Å². The van der Waals surface area contributed by atoms with Crippen LogP contribution in [-0.4, -0.2) is 16.3 Å². The average Bonchev–Trinajstić information content (AvgIpc) is 2.66. The second-order valence-corrected chi connectivity index (χ2v) is 3.66. The molecule has 78 valence electrons. The molecule has 1 aromatic carbocycles. The number of nitrogens with two attached hydrogens (primary N) is 1. The predicted octanol–water partition coefficient (Wildman–Crippen LogP) is 2.03. The van der Waals surface area contributed by atoms with E-state index < -0.39 is 0 Å². The lowest BCUT2D eigenvalue weighted by atomic mass is 10.1. The average molecular weight is 222 g/mol. The van der Waals surface area contributed by atoms with E-state index in [4.69, 9.17) is 17.3 Å². The smallest absolute Gasteiger partial charge is 0.132 e. The summed E-state index contributed by atoms with van der Waals surface area (Å²) in [5, 5.41) is 4.73. The van der Waals surface area contributed by atoms with Crippen LogP contribution in [0.15, 0.2) is 36.5 Å². The normalized spacial score (nSPS) is 10.5. The molecular weight excluding hydrogens is 210 g/mol. The van der Waals surface area contributed by atoms with Crippen LogP contribution in [0.2, 0.25) is 5.15 Å². The van der Waals surface area contributed by atoms with Crippen LogP contribution < -0.4 is 5.73 Å². The Labute approximate surface area is 93.5 Å². The van der Waals surface area contributed by atoms with Gasteiger partial charge in [-0.05, 0) is 36.7 Å². The summed E-state index contributed by atoms with van der Waals surface area (Å²) >= 11 is 5.96. The summed E-state index contributed by atoms with van der Waals surface area (Å²) in [7, 11) is 0. The standard InChI is InChI=1S/C11H12ClN3/c12-11-6-8-14-15(11)10-3-1-9(2-4-10)5-7-13/h1-4,6,8H,5,7,13H2. The van der Waals surface area contributed by atoms with Crippen LogP contribution in [0.5, 0.6) is 0 Å². The number of hydrogen-bond acceptors (Lipinski definition) is 2. The Balaban J connectivity index is 2.28. The summed E-state index contributed by atoms with van der Waals surface area (Å²) in [6, 6.07) is 9.82. The molecule has 0 aliphatic heterocycles. The first-order chi connectivity index (χ1) is 7.31. The van der Waals surface area contributed by atoms with Gasteiger partial charge in [-0.25, -0.2) is 4.68 Å². The zero-order chi connectivity index (χ0) is 10.7. The fraction of sp³-hybridized carbons (Fsp3) is 0.182. The Bertz CT molecular complexity index is 433. The first-order valence-corrected chi connectivity index (χ1v) is 5.18. The minimum atomic E-state index is 0.613. The number of benzene rings is 1. The van der Waals surface area contributed by atoms with Gasteiger partial charge in [-0.15, -0.1) is 0 Å². The molecular formula is C11H12ClN3. The van der Waals surface area contributed by atoms with E-state index in [-0.39, 0.29) is 0 Å². The largest absolute Gasteiger partial charge is 0.330 e. The van der Waals surface area contributed by atoms with Gasteiger partial charge >= 0.3 is 0 Å². The van der Waals surface area contributed by atoms with Crippen molar-refractivity contribution < 1.29 is 0 Å². The molecule has 2 N–H and O–H groups in total. The molecule has 0 atom stereocenters. The maximum absolute atomic E-state index is 5.96. The molecule has 1 aromatic heterocycles. The van der Waals surface area contributed by atoms with Crippen LogP contribution in [0.1, 0.15) is 5.56 Å². The first-order valence-electron chi connectivity index (χ1n) is 4.80. The number of halogens is 1. The van der Waals surface area contributed by atoms with Gasteiger partial charge in [-0.2, -0.15) is 5.10 Å². The van der Waals surface area contributed by atoms with E-state index in [1.165, 1.54) is 5.56 Å². The molecule has 2 aromatic rings. The van der Waals surface area contributed by atoms with Crippen LogP contribution >= 0.6 is 11.6 Å². The fourth-order valence-electron chi connectivity index (χ4n) is 1.45. The van der Waals surface area contributed by atoms with Crippen molar-refractivity contribution in [2.45, 2.75) is 6.42 Å². The molecule has 2 rings (SSSR count). The fourth-order valence-corrected chi connectivity index (χ4v) is 1.65. The Kier molecular flexibility index (Phi) is 3.04. The third-order valence-electron chi connectivity index (χ3n) is 2.21. The van der Waals surface area contributed by atoms with Gasteiger partial charge in [-0.3, -0.25) is 0 Å². The lowest BCUT2D eigenvalue weighted by Crippen LogP contribution is -2.03.